The second-order valence-electron chi connectivity index (χ2n) is 2.75. The lowest BCUT2D eigenvalue weighted by Crippen LogP contribution is -2.14. The van der Waals surface area contributed by atoms with Crippen molar-refractivity contribution in [2.24, 2.45) is 5.73 Å². The van der Waals surface area contributed by atoms with Gasteiger partial charge >= 0.3 is 0 Å². The fraction of sp³-hybridized carbons (Fsp3) is 0.500. The van der Waals surface area contributed by atoms with Gasteiger partial charge in [-0.2, -0.15) is 0 Å². The van der Waals surface area contributed by atoms with Crippen molar-refractivity contribution >= 4 is 27.3 Å². The molecule has 3 heteroatoms. The number of hydrogen-bond acceptors (Lipinski definition) is 2. The number of halogens is 1. The van der Waals surface area contributed by atoms with Crippen molar-refractivity contribution in [3.05, 3.63) is 20.8 Å². The van der Waals surface area contributed by atoms with E-state index in [1.807, 2.05) is 6.92 Å². The minimum Gasteiger partial charge on any atom is -0.328 e. The predicted molar refractivity (Wildman–Crippen MR) is 54.0 cm³/mol. The van der Waals surface area contributed by atoms with Crippen molar-refractivity contribution in [2.75, 3.05) is 0 Å². The average molecular weight is 234 g/mol. The van der Waals surface area contributed by atoms with Gasteiger partial charge in [0.1, 0.15) is 0 Å². The topological polar surface area (TPSA) is 26.0 Å². The van der Waals surface area contributed by atoms with E-state index in [0.717, 1.165) is 12.8 Å². The largest absolute Gasteiger partial charge is 0.328 e. The molecule has 0 aliphatic carbocycles. The highest BCUT2D eigenvalue weighted by atomic mass is 79.9. The van der Waals surface area contributed by atoms with Crippen LogP contribution in [0.1, 0.15) is 18.2 Å². The summed E-state index contributed by atoms with van der Waals surface area (Å²) in [5.41, 5.74) is 5.64. The summed E-state index contributed by atoms with van der Waals surface area (Å²) < 4.78 is 1.18. The molecule has 1 nitrogen and oxygen atoms in total. The van der Waals surface area contributed by atoms with E-state index in [4.69, 9.17) is 5.73 Å². The molecule has 1 aromatic rings. The molecule has 0 aliphatic rings. The van der Waals surface area contributed by atoms with E-state index in [1.54, 1.807) is 11.3 Å². The lowest BCUT2D eigenvalue weighted by molar-refractivity contribution is 0.670. The van der Waals surface area contributed by atoms with E-state index >= 15 is 0 Å². The second-order valence-corrected chi connectivity index (χ2v) is 4.66. The first-order valence-corrected chi connectivity index (χ1v) is 5.34. The number of aryl methyl sites for hydroxylation is 1. The molecule has 1 rings (SSSR count). The number of hydrogen-bond donors (Lipinski definition) is 1. The molecule has 1 aromatic heterocycles. The van der Waals surface area contributed by atoms with Gasteiger partial charge in [-0.05, 0) is 41.8 Å². The molecular weight excluding hydrogens is 222 g/mol. The van der Waals surface area contributed by atoms with Crippen LogP contribution in [0.5, 0.6) is 0 Å². The zero-order valence-corrected chi connectivity index (χ0v) is 8.91. The molecule has 0 saturated heterocycles. The molecular formula is C8H12BrNS. The van der Waals surface area contributed by atoms with Gasteiger partial charge in [0.05, 0.1) is 0 Å². The van der Waals surface area contributed by atoms with Crippen LogP contribution in [-0.4, -0.2) is 6.04 Å². The van der Waals surface area contributed by atoms with Gasteiger partial charge in [0.15, 0.2) is 0 Å². The van der Waals surface area contributed by atoms with Crippen LogP contribution in [0.15, 0.2) is 15.9 Å². The zero-order chi connectivity index (χ0) is 8.27. The van der Waals surface area contributed by atoms with Gasteiger partial charge in [0.2, 0.25) is 0 Å². The fourth-order valence-electron chi connectivity index (χ4n) is 0.855. The van der Waals surface area contributed by atoms with Gasteiger partial charge in [-0.15, -0.1) is 11.3 Å². The molecule has 0 radical (unpaired) electrons. The van der Waals surface area contributed by atoms with Crippen LogP contribution >= 0.6 is 27.3 Å². The number of rotatable bonds is 3. The molecule has 1 heterocycles. The van der Waals surface area contributed by atoms with Crippen LogP contribution < -0.4 is 5.73 Å². The van der Waals surface area contributed by atoms with Crippen molar-refractivity contribution in [3.63, 3.8) is 0 Å². The molecule has 2 N–H and O–H groups in total. The highest BCUT2D eigenvalue weighted by Crippen LogP contribution is 2.20. The van der Waals surface area contributed by atoms with Crippen molar-refractivity contribution in [3.8, 4) is 0 Å². The SMILES string of the molecule is C[C@@H](N)CCc1cc(Br)cs1. The summed E-state index contributed by atoms with van der Waals surface area (Å²) in [6.07, 6.45) is 2.18. The smallest absolute Gasteiger partial charge is 0.0285 e. The van der Waals surface area contributed by atoms with Crippen LogP contribution in [-0.2, 0) is 6.42 Å². The van der Waals surface area contributed by atoms with Crippen molar-refractivity contribution in [1.82, 2.24) is 0 Å². The minimum absolute atomic E-state index is 0.316. The molecule has 0 unspecified atom stereocenters. The summed E-state index contributed by atoms with van der Waals surface area (Å²) in [6, 6.07) is 2.48. The van der Waals surface area contributed by atoms with Crippen LogP contribution in [0.3, 0.4) is 0 Å². The Hall–Kier alpha value is 0.140. The third-order valence-electron chi connectivity index (χ3n) is 1.47. The molecule has 0 fully saturated rings. The summed E-state index contributed by atoms with van der Waals surface area (Å²) in [5, 5.41) is 2.11. The Morgan fingerprint density at radius 3 is 2.91 bits per heavy atom. The minimum atomic E-state index is 0.316. The maximum absolute atomic E-state index is 5.64. The van der Waals surface area contributed by atoms with E-state index in [0.29, 0.717) is 6.04 Å². The zero-order valence-electron chi connectivity index (χ0n) is 6.51. The van der Waals surface area contributed by atoms with E-state index in [2.05, 4.69) is 27.4 Å². The number of nitrogens with two attached hydrogens (primary N) is 1. The van der Waals surface area contributed by atoms with Crippen molar-refractivity contribution < 1.29 is 0 Å². The van der Waals surface area contributed by atoms with E-state index in [9.17, 15) is 0 Å². The maximum atomic E-state index is 5.64. The fourth-order valence-corrected chi connectivity index (χ4v) is 2.33. The second kappa shape index (κ2) is 4.24. The molecule has 0 bridgehead atoms. The summed E-state index contributed by atoms with van der Waals surface area (Å²) in [5.74, 6) is 0. The summed E-state index contributed by atoms with van der Waals surface area (Å²) in [6.45, 7) is 2.04. The van der Waals surface area contributed by atoms with E-state index < -0.39 is 0 Å². The normalized spacial score (nSPS) is 13.4. The van der Waals surface area contributed by atoms with Gasteiger partial charge in [-0.25, -0.2) is 0 Å². The van der Waals surface area contributed by atoms with Crippen molar-refractivity contribution in [1.29, 1.82) is 0 Å². The standard InChI is InChI=1S/C8H12BrNS/c1-6(10)2-3-8-4-7(9)5-11-8/h4-6H,2-3,10H2,1H3/t6-/m1/s1. The highest BCUT2D eigenvalue weighted by molar-refractivity contribution is 9.10. The Morgan fingerprint density at radius 1 is 1.73 bits per heavy atom. The van der Waals surface area contributed by atoms with Gasteiger partial charge < -0.3 is 5.73 Å². The Balaban J connectivity index is 2.39. The lowest BCUT2D eigenvalue weighted by atomic mass is 10.2. The first-order valence-electron chi connectivity index (χ1n) is 3.67. The summed E-state index contributed by atoms with van der Waals surface area (Å²) in [4.78, 5) is 1.41. The maximum Gasteiger partial charge on any atom is 0.0285 e. The first kappa shape index (κ1) is 9.23. The lowest BCUT2D eigenvalue weighted by Gasteiger charge is -2.01. The monoisotopic (exact) mass is 233 g/mol. The van der Waals surface area contributed by atoms with Gasteiger partial charge in [0.25, 0.3) is 0 Å². The van der Waals surface area contributed by atoms with Crippen LogP contribution in [0.4, 0.5) is 0 Å². The Kier molecular flexibility index (Phi) is 3.55. The van der Waals surface area contributed by atoms with Crippen LogP contribution in [0.2, 0.25) is 0 Å². The van der Waals surface area contributed by atoms with Gasteiger partial charge in [-0.3, -0.25) is 0 Å². The van der Waals surface area contributed by atoms with Crippen LogP contribution in [0, 0.1) is 0 Å². The third-order valence-corrected chi connectivity index (χ3v) is 3.23. The van der Waals surface area contributed by atoms with E-state index in [-0.39, 0.29) is 0 Å². The molecule has 0 amide bonds. The molecule has 1 atom stereocenters. The van der Waals surface area contributed by atoms with Crippen LogP contribution in [0.25, 0.3) is 0 Å². The van der Waals surface area contributed by atoms with Crippen molar-refractivity contribution in [2.45, 2.75) is 25.8 Å². The van der Waals surface area contributed by atoms with E-state index in [1.165, 1.54) is 9.35 Å². The Bertz CT molecular complexity index is 220. The predicted octanol–water partition coefficient (Wildman–Crippen LogP) is 2.79. The first-order chi connectivity index (χ1) is 5.18. The molecule has 11 heavy (non-hydrogen) atoms. The Labute approximate surface area is 79.7 Å². The summed E-state index contributed by atoms with van der Waals surface area (Å²) >= 11 is 5.21. The summed E-state index contributed by atoms with van der Waals surface area (Å²) in [7, 11) is 0. The molecule has 0 saturated carbocycles. The quantitative estimate of drug-likeness (QED) is 0.855. The average Bonchev–Trinajstić information content (AvgIpc) is 2.31. The Morgan fingerprint density at radius 2 is 2.45 bits per heavy atom. The highest BCUT2D eigenvalue weighted by Gasteiger charge is 1.99. The molecule has 0 aromatic carbocycles. The third kappa shape index (κ3) is 3.36. The van der Waals surface area contributed by atoms with Gasteiger partial charge in [0, 0.05) is 20.8 Å². The van der Waals surface area contributed by atoms with Gasteiger partial charge in [-0.1, -0.05) is 0 Å². The molecule has 0 spiro atoms. The molecule has 0 aliphatic heterocycles. The number of thiophene rings is 1. The molecule has 62 valence electrons.